The van der Waals surface area contributed by atoms with Gasteiger partial charge in [0.1, 0.15) is 5.56 Å². The Morgan fingerprint density at radius 1 is 0.947 bits per heavy atom. The molecule has 0 bridgehead atoms. The molecular formula is C13H13N3O3. The van der Waals surface area contributed by atoms with Gasteiger partial charge in [-0.05, 0) is 6.07 Å². The predicted molar refractivity (Wildman–Crippen MR) is 71.3 cm³/mol. The van der Waals surface area contributed by atoms with Gasteiger partial charge in [-0.1, -0.05) is 42.5 Å². The Labute approximate surface area is 109 Å². The van der Waals surface area contributed by atoms with E-state index in [0.29, 0.717) is 5.56 Å². The molecule has 0 fully saturated rings. The normalized spacial score (nSPS) is 9.16. The van der Waals surface area contributed by atoms with Crippen LogP contribution in [0.15, 0.2) is 54.6 Å². The molecule has 0 saturated heterocycles. The van der Waals surface area contributed by atoms with E-state index in [2.05, 4.69) is 11.7 Å². The molecule has 0 heterocycles. The average Bonchev–Trinajstić information content (AvgIpc) is 2.49. The second-order valence-corrected chi connectivity index (χ2v) is 3.47. The van der Waals surface area contributed by atoms with Crippen molar-refractivity contribution in [2.24, 2.45) is 11.7 Å². The molecule has 98 valence electrons. The van der Waals surface area contributed by atoms with Gasteiger partial charge in [0, 0.05) is 11.6 Å². The molecule has 0 radical (unpaired) electrons. The molecule has 2 aromatic carbocycles. The lowest BCUT2D eigenvalue weighted by Crippen LogP contribution is -2.04. The SMILES string of the molecule is NN.O=C(c1ccccc1)c1ccccc1[N+](=O)[O-]. The van der Waals surface area contributed by atoms with Crippen LogP contribution in [0.25, 0.3) is 0 Å². The summed E-state index contributed by atoms with van der Waals surface area (Å²) in [5.74, 6) is 7.66. The van der Waals surface area contributed by atoms with E-state index in [-0.39, 0.29) is 17.0 Å². The fourth-order valence-corrected chi connectivity index (χ4v) is 1.57. The van der Waals surface area contributed by atoms with Gasteiger partial charge < -0.3 is 0 Å². The van der Waals surface area contributed by atoms with Crippen LogP contribution in [0, 0.1) is 10.1 Å². The summed E-state index contributed by atoms with van der Waals surface area (Å²) < 4.78 is 0. The van der Waals surface area contributed by atoms with Crippen LogP contribution in [-0.4, -0.2) is 10.7 Å². The first-order chi connectivity index (χ1) is 9.20. The Bertz CT molecular complexity index is 570. The summed E-state index contributed by atoms with van der Waals surface area (Å²) >= 11 is 0. The highest BCUT2D eigenvalue weighted by molar-refractivity contribution is 6.11. The quantitative estimate of drug-likeness (QED) is 0.376. The van der Waals surface area contributed by atoms with Crippen LogP contribution in [0.3, 0.4) is 0 Å². The number of nitrogens with zero attached hydrogens (tertiary/aromatic N) is 1. The van der Waals surface area contributed by atoms with E-state index < -0.39 is 4.92 Å². The summed E-state index contributed by atoms with van der Waals surface area (Å²) in [6.45, 7) is 0. The molecule has 2 aromatic rings. The van der Waals surface area contributed by atoms with Crippen LogP contribution in [0.1, 0.15) is 15.9 Å². The lowest BCUT2D eigenvalue weighted by molar-refractivity contribution is -0.385. The minimum absolute atomic E-state index is 0.115. The number of para-hydroxylation sites is 1. The van der Waals surface area contributed by atoms with Gasteiger partial charge in [-0.2, -0.15) is 0 Å². The van der Waals surface area contributed by atoms with Crippen LogP contribution in [-0.2, 0) is 0 Å². The molecule has 0 aliphatic carbocycles. The van der Waals surface area contributed by atoms with Crippen molar-refractivity contribution >= 4 is 11.5 Å². The molecule has 6 heteroatoms. The van der Waals surface area contributed by atoms with Gasteiger partial charge in [0.2, 0.25) is 0 Å². The van der Waals surface area contributed by atoms with E-state index in [4.69, 9.17) is 0 Å². The Morgan fingerprint density at radius 2 is 1.47 bits per heavy atom. The molecule has 0 aliphatic heterocycles. The molecule has 0 spiro atoms. The largest absolute Gasteiger partial charge is 0.288 e. The number of nitro benzene ring substituents is 1. The van der Waals surface area contributed by atoms with Gasteiger partial charge in [0.05, 0.1) is 4.92 Å². The third-order valence-electron chi connectivity index (χ3n) is 2.38. The van der Waals surface area contributed by atoms with Gasteiger partial charge in [-0.3, -0.25) is 26.6 Å². The maximum Gasteiger partial charge on any atom is 0.280 e. The molecule has 0 amide bonds. The van der Waals surface area contributed by atoms with Crippen LogP contribution < -0.4 is 11.7 Å². The van der Waals surface area contributed by atoms with Gasteiger partial charge in [-0.25, -0.2) is 0 Å². The Morgan fingerprint density at radius 3 is 2.05 bits per heavy atom. The highest BCUT2D eigenvalue weighted by Gasteiger charge is 2.19. The summed E-state index contributed by atoms with van der Waals surface area (Å²) in [4.78, 5) is 22.3. The second kappa shape index (κ2) is 7.00. The Hall–Kier alpha value is -2.57. The number of rotatable bonds is 3. The third-order valence-corrected chi connectivity index (χ3v) is 2.38. The summed E-state index contributed by atoms with van der Waals surface area (Å²) in [6.07, 6.45) is 0. The maximum absolute atomic E-state index is 12.1. The van der Waals surface area contributed by atoms with Gasteiger partial charge >= 0.3 is 0 Å². The molecular weight excluding hydrogens is 246 g/mol. The summed E-state index contributed by atoms with van der Waals surface area (Å²) in [5, 5.41) is 10.8. The minimum atomic E-state index is -0.545. The number of hydrazine groups is 1. The fourth-order valence-electron chi connectivity index (χ4n) is 1.57. The monoisotopic (exact) mass is 259 g/mol. The van der Waals surface area contributed by atoms with Gasteiger partial charge in [-0.15, -0.1) is 0 Å². The predicted octanol–water partition coefficient (Wildman–Crippen LogP) is 1.64. The minimum Gasteiger partial charge on any atom is -0.288 e. The zero-order chi connectivity index (χ0) is 14.3. The first-order valence-electron chi connectivity index (χ1n) is 5.36. The number of carbonyl (C=O) groups excluding carboxylic acids is 1. The number of benzene rings is 2. The van der Waals surface area contributed by atoms with Crippen molar-refractivity contribution in [3.63, 3.8) is 0 Å². The summed E-state index contributed by atoms with van der Waals surface area (Å²) in [7, 11) is 0. The van der Waals surface area contributed by atoms with Crippen molar-refractivity contribution in [3.05, 3.63) is 75.8 Å². The zero-order valence-corrected chi connectivity index (χ0v) is 10.0. The van der Waals surface area contributed by atoms with Crippen molar-refractivity contribution in [2.45, 2.75) is 0 Å². The molecule has 6 nitrogen and oxygen atoms in total. The second-order valence-electron chi connectivity index (χ2n) is 3.47. The highest BCUT2D eigenvalue weighted by atomic mass is 16.6. The van der Waals surface area contributed by atoms with E-state index in [9.17, 15) is 14.9 Å². The lowest BCUT2D eigenvalue weighted by atomic mass is 10.0. The van der Waals surface area contributed by atoms with E-state index in [1.807, 2.05) is 0 Å². The summed E-state index contributed by atoms with van der Waals surface area (Å²) in [5.41, 5.74) is 0.395. The topological polar surface area (TPSA) is 112 Å². The molecule has 4 N–H and O–H groups in total. The van der Waals surface area contributed by atoms with Crippen molar-refractivity contribution in [1.82, 2.24) is 0 Å². The molecule has 0 unspecified atom stereocenters. The Balaban J connectivity index is 0.000000861. The number of ketones is 1. The number of nitro groups is 1. The average molecular weight is 259 g/mol. The van der Waals surface area contributed by atoms with Crippen LogP contribution >= 0.6 is 0 Å². The van der Waals surface area contributed by atoms with E-state index >= 15 is 0 Å². The zero-order valence-electron chi connectivity index (χ0n) is 10.0. The summed E-state index contributed by atoms with van der Waals surface area (Å²) in [6, 6.07) is 14.5. The molecule has 0 atom stereocenters. The van der Waals surface area contributed by atoms with Crippen molar-refractivity contribution < 1.29 is 9.72 Å². The molecule has 0 saturated carbocycles. The van der Waals surface area contributed by atoms with Crippen molar-refractivity contribution in [3.8, 4) is 0 Å². The number of hydrogen-bond donors (Lipinski definition) is 2. The van der Waals surface area contributed by atoms with Gasteiger partial charge in [0.25, 0.3) is 5.69 Å². The van der Waals surface area contributed by atoms with Crippen LogP contribution in [0.2, 0.25) is 0 Å². The van der Waals surface area contributed by atoms with Gasteiger partial charge in [0.15, 0.2) is 5.78 Å². The highest BCUT2D eigenvalue weighted by Crippen LogP contribution is 2.20. The van der Waals surface area contributed by atoms with Crippen LogP contribution in [0.4, 0.5) is 5.69 Å². The molecule has 0 aromatic heterocycles. The van der Waals surface area contributed by atoms with Crippen LogP contribution in [0.5, 0.6) is 0 Å². The maximum atomic E-state index is 12.1. The molecule has 19 heavy (non-hydrogen) atoms. The number of hydrogen-bond acceptors (Lipinski definition) is 5. The van der Waals surface area contributed by atoms with Crippen molar-refractivity contribution in [2.75, 3.05) is 0 Å². The number of carbonyl (C=O) groups is 1. The first kappa shape index (κ1) is 14.5. The molecule has 0 aliphatic rings. The number of nitrogens with two attached hydrogens (primary N) is 2. The fraction of sp³-hybridized carbons (Fsp3) is 0. The standard InChI is InChI=1S/C13H9NO3.H4N2/c15-13(10-6-2-1-3-7-10)11-8-4-5-9-12(11)14(16)17;1-2/h1-9H;1-2H2. The van der Waals surface area contributed by atoms with E-state index in [0.717, 1.165) is 0 Å². The third kappa shape index (κ3) is 3.44. The van der Waals surface area contributed by atoms with E-state index in [1.165, 1.54) is 12.1 Å². The lowest BCUT2D eigenvalue weighted by Gasteiger charge is -2.01. The first-order valence-corrected chi connectivity index (χ1v) is 5.36. The Kier molecular flexibility index (Phi) is 5.34. The van der Waals surface area contributed by atoms with Crippen molar-refractivity contribution in [1.29, 1.82) is 0 Å². The molecule has 2 rings (SSSR count). The van der Waals surface area contributed by atoms with E-state index in [1.54, 1.807) is 42.5 Å². The smallest absolute Gasteiger partial charge is 0.280 e.